The van der Waals surface area contributed by atoms with E-state index in [2.05, 4.69) is 0 Å². The molecule has 3 aromatic rings. The third-order valence-electron chi connectivity index (χ3n) is 8.10. The number of carboxylic acid groups (broad SMARTS) is 1. The Kier molecular flexibility index (Phi) is 6.46. The topological polar surface area (TPSA) is 96.4 Å². The quantitative estimate of drug-likeness (QED) is 0.527. The van der Waals surface area contributed by atoms with Crippen LogP contribution < -0.4 is 14.4 Å². The van der Waals surface area contributed by atoms with Gasteiger partial charge < -0.3 is 19.5 Å². The second-order valence-corrected chi connectivity index (χ2v) is 10.3. The monoisotopic (exact) mass is 526 g/mol. The van der Waals surface area contributed by atoms with Crippen LogP contribution in [0.1, 0.15) is 64.7 Å². The lowest BCUT2D eigenvalue weighted by Gasteiger charge is -2.41. The molecule has 1 saturated heterocycles. The van der Waals surface area contributed by atoms with E-state index >= 15 is 0 Å². The van der Waals surface area contributed by atoms with Crippen molar-refractivity contribution in [2.75, 3.05) is 31.2 Å². The number of anilines is 1. The van der Waals surface area contributed by atoms with Crippen molar-refractivity contribution in [1.82, 2.24) is 4.90 Å². The average Bonchev–Trinajstić information content (AvgIpc) is 2.97. The van der Waals surface area contributed by atoms with Gasteiger partial charge in [-0.1, -0.05) is 36.4 Å². The highest BCUT2D eigenvalue weighted by molar-refractivity contribution is 6.11. The molecule has 39 heavy (non-hydrogen) atoms. The largest absolute Gasteiger partial charge is 0.486 e. The van der Waals surface area contributed by atoms with Crippen LogP contribution in [0, 0.1) is 0 Å². The predicted molar refractivity (Wildman–Crippen MR) is 144 cm³/mol. The van der Waals surface area contributed by atoms with E-state index in [9.17, 15) is 19.5 Å². The number of carbonyl (C=O) groups excluding carboxylic acids is 2. The minimum atomic E-state index is -1.01. The highest BCUT2D eigenvalue weighted by Gasteiger charge is 2.45. The predicted octanol–water partition coefficient (Wildman–Crippen LogP) is 4.75. The number of nitrogens with zero attached hydrogens (tertiary/aromatic N) is 2. The molecule has 1 fully saturated rings. The Hall–Kier alpha value is -4.33. The van der Waals surface area contributed by atoms with E-state index in [-0.39, 0.29) is 11.8 Å². The molecule has 0 aromatic heterocycles. The zero-order valence-corrected chi connectivity index (χ0v) is 21.7. The minimum absolute atomic E-state index is 0.103. The smallest absolute Gasteiger partial charge is 0.313 e. The summed E-state index contributed by atoms with van der Waals surface area (Å²) in [6.07, 6.45) is 1.77. The number of likely N-dealkylation sites (tertiary alicyclic amines) is 1. The molecule has 0 radical (unpaired) electrons. The molecule has 6 rings (SSSR count). The molecule has 3 aromatic carbocycles. The molecule has 200 valence electrons. The van der Waals surface area contributed by atoms with E-state index in [1.807, 2.05) is 35.2 Å². The summed E-state index contributed by atoms with van der Waals surface area (Å²) in [5.41, 5.74) is 3.33. The molecule has 0 bridgehead atoms. The molecule has 1 N–H and O–H groups in total. The lowest BCUT2D eigenvalue weighted by molar-refractivity contribution is -0.139. The van der Waals surface area contributed by atoms with Gasteiger partial charge in [0.1, 0.15) is 19.1 Å². The summed E-state index contributed by atoms with van der Waals surface area (Å²) in [5.74, 6) is -0.651. The summed E-state index contributed by atoms with van der Waals surface area (Å²) in [6, 6.07) is 19.4. The maximum absolute atomic E-state index is 14.0. The van der Waals surface area contributed by atoms with E-state index in [4.69, 9.17) is 9.47 Å². The maximum Gasteiger partial charge on any atom is 0.313 e. The fourth-order valence-corrected chi connectivity index (χ4v) is 6.10. The first-order chi connectivity index (χ1) is 18.9. The number of fused-ring (bicyclic) bond motifs is 2. The van der Waals surface area contributed by atoms with Gasteiger partial charge in [0.15, 0.2) is 11.5 Å². The normalized spacial score (nSPS) is 20.9. The molecule has 0 spiro atoms. The van der Waals surface area contributed by atoms with Crippen molar-refractivity contribution in [1.29, 1.82) is 0 Å². The highest BCUT2D eigenvalue weighted by Crippen LogP contribution is 2.47. The van der Waals surface area contributed by atoms with Crippen LogP contribution in [0.25, 0.3) is 0 Å². The summed E-state index contributed by atoms with van der Waals surface area (Å²) < 4.78 is 11.5. The molecule has 8 nitrogen and oxygen atoms in total. The Bertz CT molecular complexity index is 1430. The van der Waals surface area contributed by atoms with Crippen molar-refractivity contribution in [3.8, 4) is 11.5 Å². The summed E-state index contributed by atoms with van der Waals surface area (Å²) >= 11 is 0. The second kappa shape index (κ2) is 10.1. The molecule has 2 amide bonds. The molecular weight excluding hydrogens is 496 g/mol. The first-order valence-electron chi connectivity index (χ1n) is 13.3. The second-order valence-electron chi connectivity index (χ2n) is 10.3. The van der Waals surface area contributed by atoms with Crippen LogP contribution in [-0.2, 0) is 9.59 Å². The van der Waals surface area contributed by atoms with Gasteiger partial charge in [0, 0.05) is 31.3 Å². The molecule has 3 aliphatic heterocycles. The first-order valence-corrected chi connectivity index (χ1v) is 13.3. The molecule has 0 saturated carbocycles. The number of carboxylic acids is 1. The van der Waals surface area contributed by atoms with E-state index < -0.39 is 17.9 Å². The fraction of sp³-hybridized carbons (Fsp3) is 0.323. The number of rotatable bonds is 4. The van der Waals surface area contributed by atoms with Gasteiger partial charge in [0.05, 0.1) is 6.04 Å². The van der Waals surface area contributed by atoms with E-state index in [1.54, 1.807) is 48.2 Å². The standard InChI is InChI=1S/C31H30N2O6/c1-19(34)32-14-12-21(13-15-32)20-6-9-23(10-7-20)33-29(22-8-11-26-27(18-22)39-17-16-38-26)28(31(36)37)24-4-2-3-5-25(24)30(33)35/h2-11,18,21,28-29H,12-17H2,1H3,(H,36,37). The average molecular weight is 527 g/mol. The zero-order valence-electron chi connectivity index (χ0n) is 21.7. The van der Waals surface area contributed by atoms with Crippen molar-refractivity contribution in [2.24, 2.45) is 0 Å². The van der Waals surface area contributed by atoms with Gasteiger partial charge in [0.25, 0.3) is 5.91 Å². The Morgan fingerprint density at radius 2 is 1.54 bits per heavy atom. The highest BCUT2D eigenvalue weighted by atomic mass is 16.6. The van der Waals surface area contributed by atoms with Gasteiger partial charge in [0.2, 0.25) is 5.91 Å². The first kappa shape index (κ1) is 25.0. The number of piperidine rings is 1. The summed E-state index contributed by atoms with van der Waals surface area (Å²) in [4.78, 5) is 42.0. The molecule has 3 aliphatic rings. The molecule has 0 aliphatic carbocycles. The van der Waals surface area contributed by atoms with Crippen LogP contribution in [0.2, 0.25) is 0 Å². The Balaban J connectivity index is 1.40. The zero-order chi connectivity index (χ0) is 27.1. The molecule has 2 unspecified atom stereocenters. The lowest BCUT2D eigenvalue weighted by atomic mass is 9.79. The van der Waals surface area contributed by atoms with Gasteiger partial charge in [-0.3, -0.25) is 19.3 Å². The molecular formula is C31H30N2O6. The Labute approximate surface area is 226 Å². The van der Waals surface area contributed by atoms with E-state index in [0.29, 0.717) is 53.0 Å². The maximum atomic E-state index is 14.0. The number of amides is 2. The van der Waals surface area contributed by atoms with E-state index in [0.717, 1.165) is 31.5 Å². The van der Waals surface area contributed by atoms with Gasteiger partial charge in [-0.2, -0.15) is 0 Å². The summed E-state index contributed by atoms with van der Waals surface area (Å²) in [6.45, 7) is 3.92. The number of carbonyl (C=O) groups is 3. The van der Waals surface area contributed by atoms with Crippen LogP contribution in [-0.4, -0.2) is 54.1 Å². The van der Waals surface area contributed by atoms with Crippen molar-refractivity contribution in [3.05, 3.63) is 89.0 Å². The number of hydrogen-bond acceptors (Lipinski definition) is 5. The third-order valence-corrected chi connectivity index (χ3v) is 8.10. The SMILES string of the molecule is CC(=O)N1CCC(c2ccc(N3C(=O)c4ccccc4C(C(=O)O)C3c3ccc4c(c3)OCCO4)cc2)CC1. The van der Waals surface area contributed by atoms with Gasteiger partial charge in [-0.25, -0.2) is 0 Å². The summed E-state index contributed by atoms with van der Waals surface area (Å²) in [5, 5.41) is 10.5. The number of ether oxygens (including phenoxy) is 2. The van der Waals surface area contributed by atoms with Crippen LogP contribution in [0.15, 0.2) is 66.7 Å². The number of aliphatic carboxylic acids is 1. The lowest BCUT2D eigenvalue weighted by Crippen LogP contribution is -2.45. The Morgan fingerprint density at radius 1 is 0.872 bits per heavy atom. The van der Waals surface area contributed by atoms with Crippen LogP contribution in [0.4, 0.5) is 5.69 Å². The van der Waals surface area contributed by atoms with Crippen LogP contribution >= 0.6 is 0 Å². The van der Waals surface area contributed by atoms with Gasteiger partial charge in [-0.15, -0.1) is 0 Å². The van der Waals surface area contributed by atoms with Crippen LogP contribution in [0.5, 0.6) is 11.5 Å². The minimum Gasteiger partial charge on any atom is -0.486 e. The Morgan fingerprint density at radius 3 is 2.23 bits per heavy atom. The van der Waals surface area contributed by atoms with Crippen molar-refractivity contribution < 1.29 is 29.0 Å². The third kappa shape index (κ3) is 4.50. The van der Waals surface area contributed by atoms with E-state index in [1.165, 1.54) is 0 Å². The van der Waals surface area contributed by atoms with Gasteiger partial charge >= 0.3 is 5.97 Å². The summed E-state index contributed by atoms with van der Waals surface area (Å²) in [7, 11) is 0. The number of benzene rings is 3. The van der Waals surface area contributed by atoms with Gasteiger partial charge in [-0.05, 0) is 65.8 Å². The van der Waals surface area contributed by atoms with Crippen molar-refractivity contribution in [3.63, 3.8) is 0 Å². The van der Waals surface area contributed by atoms with Crippen molar-refractivity contribution >= 4 is 23.5 Å². The fourth-order valence-electron chi connectivity index (χ4n) is 6.10. The van der Waals surface area contributed by atoms with Crippen molar-refractivity contribution in [2.45, 2.75) is 37.6 Å². The molecule has 2 atom stereocenters. The molecule has 3 heterocycles. The number of hydrogen-bond donors (Lipinski definition) is 1. The molecule has 8 heteroatoms. The van der Waals surface area contributed by atoms with Crippen LogP contribution in [0.3, 0.4) is 0 Å².